The lowest BCUT2D eigenvalue weighted by Gasteiger charge is -2.07. The highest BCUT2D eigenvalue weighted by molar-refractivity contribution is 6.00. The number of halogens is 1. The van der Waals surface area contributed by atoms with E-state index in [1.165, 1.54) is 12.1 Å². The Labute approximate surface area is 234 Å². The Hall–Kier alpha value is -5.63. The Balaban J connectivity index is 1.21. The first-order chi connectivity index (χ1) is 20.1. The SMILES string of the molecule is O=C(Cc1ccccc1)Nc1cncc(-c2ccc3[nH]nc(-c4cc5c(-c6cccc(F)c6)cccc5[nH]4)c3n2)c1. The summed E-state index contributed by atoms with van der Waals surface area (Å²) < 4.78 is 14.0. The van der Waals surface area contributed by atoms with Crippen LogP contribution in [0, 0.1) is 5.82 Å². The second kappa shape index (κ2) is 10.2. The van der Waals surface area contributed by atoms with Crippen molar-refractivity contribution in [3.63, 3.8) is 0 Å². The number of nitrogens with one attached hydrogen (secondary N) is 3. The Kier molecular flexibility index (Phi) is 6.05. The van der Waals surface area contributed by atoms with Crippen LogP contribution in [0.2, 0.25) is 0 Å². The molecule has 1 amide bonds. The van der Waals surface area contributed by atoms with Crippen LogP contribution in [0.3, 0.4) is 0 Å². The summed E-state index contributed by atoms with van der Waals surface area (Å²) in [4.78, 5) is 25.3. The normalized spacial score (nSPS) is 11.2. The fourth-order valence-electron chi connectivity index (χ4n) is 5.07. The van der Waals surface area contributed by atoms with Gasteiger partial charge in [-0.1, -0.05) is 54.6 Å². The molecule has 3 aromatic carbocycles. The molecule has 41 heavy (non-hydrogen) atoms. The van der Waals surface area contributed by atoms with Gasteiger partial charge in [0.15, 0.2) is 0 Å². The molecule has 0 atom stereocenters. The van der Waals surface area contributed by atoms with Crippen molar-refractivity contribution in [1.29, 1.82) is 0 Å². The molecule has 7 nitrogen and oxygen atoms in total. The molecule has 0 aliphatic heterocycles. The number of benzene rings is 3. The van der Waals surface area contributed by atoms with Gasteiger partial charge in [-0.15, -0.1) is 0 Å². The van der Waals surface area contributed by atoms with Crippen molar-refractivity contribution in [3.8, 4) is 33.8 Å². The van der Waals surface area contributed by atoms with Gasteiger partial charge < -0.3 is 10.3 Å². The molecule has 0 fully saturated rings. The van der Waals surface area contributed by atoms with Crippen molar-refractivity contribution < 1.29 is 9.18 Å². The number of hydrogen-bond donors (Lipinski definition) is 3. The van der Waals surface area contributed by atoms with E-state index in [1.807, 2.05) is 78.9 Å². The average Bonchev–Trinajstić information content (AvgIpc) is 3.61. The molecule has 0 radical (unpaired) electrons. The summed E-state index contributed by atoms with van der Waals surface area (Å²) in [6.07, 6.45) is 3.61. The topological polar surface area (TPSA) is 99.4 Å². The van der Waals surface area contributed by atoms with Crippen LogP contribution >= 0.6 is 0 Å². The second-order valence-electron chi connectivity index (χ2n) is 9.80. The van der Waals surface area contributed by atoms with Crippen LogP contribution in [0.15, 0.2) is 109 Å². The molecule has 8 heteroatoms. The molecule has 0 aliphatic carbocycles. The molecule has 7 rings (SSSR count). The first kappa shape index (κ1) is 24.4. The number of carbonyl (C=O) groups is 1. The molecule has 0 spiro atoms. The minimum atomic E-state index is -0.278. The maximum absolute atomic E-state index is 14.0. The molecule has 0 bridgehead atoms. The molecule has 4 heterocycles. The zero-order valence-corrected chi connectivity index (χ0v) is 21.7. The second-order valence-corrected chi connectivity index (χ2v) is 9.80. The molecule has 0 unspecified atom stereocenters. The van der Waals surface area contributed by atoms with Crippen molar-refractivity contribution in [2.45, 2.75) is 6.42 Å². The minimum Gasteiger partial charge on any atom is -0.353 e. The molecular weight excluding hydrogens is 515 g/mol. The number of pyridine rings is 2. The number of hydrogen-bond acceptors (Lipinski definition) is 4. The lowest BCUT2D eigenvalue weighted by atomic mass is 10.0. The number of rotatable bonds is 6. The summed E-state index contributed by atoms with van der Waals surface area (Å²) in [5.41, 5.74) is 8.58. The van der Waals surface area contributed by atoms with Gasteiger partial charge in [0.1, 0.15) is 17.0 Å². The maximum atomic E-state index is 14.0. The van der Waals surface area contributed by atoms with E-state index in [1.54, 1.807) is 18.5 Å². The maximum Gasteiger partial charge on any atom is 0.228 e. The van der Waals surface area contributed by atoms with E-state index in [4.69, 9.17) is 4.98 Å². The quantitative estimate of drug-likeness (QED) is 0.209. The fourth-order valence-corrected chi connectivity index (χ4v) is 5.07. The van der Waals surface area contributed by atoms with Crippen LogP contribution in [-0.4, -0.2) is 31.1 Å². The standard InChI is InChI=1S/C33H23FN6O/c34-23-9-4-8-21(15-23)25-10-5-11-28-26(25)17-30(37-28)33-32-29(39-40-33)13-12-27(38-32)22-16-24(19-35-18-22)36-31(41)14-20-6-2-1-3-7-20/h1-13,15-19,37H,14H2,(H,36,41)(H,39,40). The summed E-state index contributed by atoms with van der Waals surface area (Å²) in [6.45, 7) is 0. The van der Waals surface area contributed by atoms with E-state index in [-0.39, 0.29) is 18.1 Å². The number of aromatic nitrogens is 5. The van der Waals surface area contributed by atoms with Crippen LogP contribution in [-0.2, 0) is 11.2 Å². The van der Waals surface area contributed by atoms with Gasteiger partial charge in [-0.2, -0.15) is 5.10 Å². The first-order valence-electron chi connectivity index (χ1n) is 13.1. The Bertz CT molecular complexity index is 2050. The largest absolute Gasteiger partial charge is 0.353 e. The lowest BCUT2D eigenvalue weighted by Crippen LogP contribution is -2.14. The van der Waals surface area contributed by atoms with Crippen LogP contribution in [0.25, 0.3) is 55.7 Å². The van der Waals surface area contributed by atoms with Crippen LogP contribution in [0.1, 0.15) is 5.56 Å². The number of fused-ring (bicyclic) bond motifs is 2. The average molecular weight is 539 g/mol. The zero-order chi connectivity index (χ0) is 27.8. The van der Waals surface area contributed by atoms with Gasteiger partial charge in [0.25, 0.3) is 0 Å². The van der Waals surface area contributed by atoms with Crippen molar-refractivity contribution in [2.24, 2.45) is 0 Å². The third-order valence-electron chi connectivity index (χ3n) is 6.99. The van der Waals surface area contributed by atoms with E-state index in [0.29, 0.717) is 22.6 Å². The number of anilines is 1. The van der Waals surface area contributed by atoms with Gasteiger partial charge in [0.2, 0.25) is 5.91 Å². The smallest absolute Gasteiger partial charge is 0.228 e. The van der Waals surface area contributed by atoms with Crippen LogP contribution < -0.4 is 5.32 Å². The fraction of sp³-hybridized carbons (Fsp3) is 0.0303. The third kappa shape index (κ3) is 4.83. The van der Waals surface area contributed by atoms with E-state index in [9.17, 15) is 9.18 Å². The summed E-state index contributed by atoms with van der Waals surface area (Å²) >= 11 is 0. The molecule has 0 saturated heterocycles. The molecular formula is C33H23FN6O. The van der Waals surface area contributed by atoms with Gasteiger partial charge in [-0.25, -0.2) is 9.37 Å². The highest BCUT2D eigenvalue weighted by Gasteiger charge is 2.16. The van der Waals surface area contributed by atoms with E-state index >= 15 is 0 Å². The van der Waals surface area contributed by atoms with E-state index < -0.39 is 0 Å². The predicted octanol–water partition coefficient (Wildman–Crippen LogP) is 7.16. The highest BCUT2D eigenvalue weighted by atomic mass is 19.1. The number of amides is 1. The van der Waals surface area contributed by atoms with Crippen molar-refractivity contribution in [2.75, 3.05) is 5.32 Å². The van der Waals surface area contributed by atoms with E-state index in [2.05, 4.69) is 25.5 Å². The van der Waals surface area contributed by atoms with Gasteiger partial charge in [0, 0.05) is 22.7 Å². The molecule has 4 aromatic heterocycles. The number of H-pyrrole nitrogens is 2. The zero-order valence-electron chi connectivity index (χ0n) is 21.7. The monoisotopic (exact) mass is 538 g/mol. The van der Waals surface area contributed by atoms with Gasteiger partial charge in [0.05, 0.1) is 35.2 Å². The molecule has 7 aromatic rings. The molecule has 3 N–H and O–H groups in total. The number of aromatic amines is 2. The number of carbonyl (C=O) groups excluding carboxylic acids is 1. The summed E-state index contributed by atoms with van der Waals surface area (Å²) in [5, 5.41) is 11.5. The predicted molar refractivity (Wildman–Crippen MR) is 159 cm³/mol. The Morgan fingerprint density at radius 1 is 0.829 bits per heavy atom. The van der Waals surface area contributed by atoms with Crippen LogP contribution in [0.4, 0.5) is 10.1 Å². The summed E-state index contributed by atoms with van der Waals surface area (Å²) in [5.74, 6) is -0.397. The first-order valence-corrected chi connectivity index (χ1v) is 13.1. The molecule has 198 valence electrons. The van der Waals surface area contributed by atoms with Gasteiger partial charge in [-0.3, -0.25) is 14.9 Å². The third-order valence-corrected chi connectivity index (χ3v) is 6.99. The molecule has 0 saturated carbocycles. The van der Waals surface area contributed by atoms with Crippen molar-refractivity contribution in [3.05, 3.63) is 121 Å². The minimum absolute atomic E-state index is 0.118. The summed E-state index contributed by atoms with van der Waals surface area (Å²) in [7, 11) is 0. The van der Waals surface area contributed by atoms with Gasteiger partial charge in [-0.05, 0) is 59.2 Å². The van der Waals surface area contributed by atoms with Gasteiger partial charge >= 0.3 is 0 Å². The number of nitrogens with zero attached hydrogens (tertiary/aromatic N) is 3. The Morgan fingerprint density at radius 3 is 2.59 bits per heavy atom. The highest BCUT2D eigenvalue weighted by Crippen LogP contribution is 2.34. The summed E-state index contributed by atoms with van der Waals surface area (Å²) in [6, 6.07) is 29.8. The van der Waals surface area contributed by atoms with Crippen molar-refractivity contribution >= 4 is 33.5 Å². The lowest BCUT2D eigenvalue weighted by molar-refractivity contribution is -0.115. The van der Waals surface area contributed by atoms with Crippen molar-refractivity contribution in [1.82, 2.24) is 25.1 Å². The van der Waals surface area contributed by atoms with E-state index in [0.717, 1.165) is 44.4 Å². The molecule has 0 aliphatic rings. The Morgan fingerprint density at radius 2 is 1.71 bits per heavy atom. The van der Waals surface area contributed by atoms with Crippen LogP contribution in [0.5, 0.6) is 0 Å².